The summed E-state index contributed by atoms with van der Waals surface area (Å²) < 4.78 is 38.0. The maximum Gasteiger partial charge on any atom is 0.446 e. The van der Waals surface area contributed by atoms with Gasteiger partial charge in [-0.2, -0.15) is 13.2 Å². The van der Waals surface area contributed by atoms with Gasteiger partial charge in [-0.1, -0.05) is 17.7 Å². The van der Waals surface area contributed by atoms with Crippen molar-refractivity contribution in [2.75, 3.05) is 10.2 Å². The summed E-state index contributed by atoms with van der Waals surface area (Å²) in [5.41, 5.74) is -4.37. The Morgan fingerprint density at radius 2 is 1.81 bits per heavy atom. The predicted molar refractivity (Wildman–Crippen MR) is 135 cm³/mol. The monoisotopic (exact) mass is 548 g/mol. The van der Waals surface area contributed by atoms with Gasteiger partial charge in [0.1, 0.15) is 5.54 Å². The number of thioether (sulfide) groups is 1. The number of anilines is 2. The second-order valence-electron chi connectivity index (χ2n) is 8.61. The molecule has 0 radical (unpaired) electrons. The van der Waals surface area contributed by atoms with E-state index in [1.807, 2.05) is 0 Å². The topological polar surface area (TPSA) is 82.6 Å². The van der Waals surface area contributed by atoms with Crippen LogP contribution in [0.5, 0.6) is 0 Å². The molecule has 4 rings (SSSR count). The number of halogens is 4. The van der Waals surface area contributed by atoms with Crippen molar-refractivity contribution in [3.63, 3.8) is 0 Å². The van der Waals surface area contributed by atoms with Crippen LogP contribution >= 0.6 is 23.4 Å². The number of hydrogen-bond acceptors (Lipinski definition) is 5. The summed E-state index contributed by atoms with van der Waals surface area (Å²) in [6.07, 6.45) is 2.93. The summed E-state index contributed by atoms with van der Waals surface area (Å²) in [4.78, 5) is 45.6. The van der Waals surface area contributed by atoms with E-state index in [1.54, 1.807) is 38.1 Å². The molecule has 0 atom stereocenters. The zero-order valence-corrected chi connectivity index (χ0v) is 21.1. The van der Waals surface area contributed by atoms with Crippen molar-refractivity contribution < 1.29 is 27.6 Å². The number of carbonyl (C=O) groups excluding carboxylic acids is 3. The molecule has 0 spiro atoms. The highest BCUT2D eigenvalue weighted by Gasteiger charge is 2.52. The van der Waals surface area contributed by atoms with Gasteiger partial charge in [-0.3, -0.25) is 14.6 Å². The van der Waals surface area contributed by atoms with Crippen molar-refractivity contribution >= 4 is 52.6 Å². The van der Waals surface area contributed by atoms with Crippen LogP contribution in [0.15, 0.2) is 71.9 Å². The molecule has 1 aliphatic heterocycles. The average Bonchev–Trinajstić information content (AvgIpc) is 2.99. The first-order valence-electron chi connectivity index (χ1n) is 10.9. The highest BCUT2D eigenvalue weighted by atomic mass is 35.5. The SMILES string of the molecule is CC1(C)C(=O)N(c2ccc(SC(F)(F)F)cc2)C(=O)N1Cc1ccncc1NC(=O)c1cccc(Cl)c1. The predicted octanol–water partition coefficient (Wildman–Crippen LogP) is 6.35. The maximum atomic E-state index is 13.4. The maximum absolute atomic E-state index is 13.4. The Labute approximate surface area is 219 Å². The zero-order valence-electron chi connectivity index (χ0n) is 19.5. The summed E-state index contributed by atoms with van der Waals surface area (Å²) in [5, 5.41) is 3.15. The van der Waals surface area contributed by atoms with E-state index in [2.05, 4.69) is 10.3 Å². The van der Waals surface area contributed by atoms with Gasteiger partial charge in [0.15, 0.2) is 0 Å². The van der Waals surface area contributed by atoms with E-state index in [9.17, 15) is 27.6 Å². The molecule has 0 saturated carbocycles. The van der Waals surface area contributed by atoms with Crippen LogP contribution in [0, 0.1) is 0 Å². The lowest BCUT2D eigenvalue weighted by Gasteiger charge is -2.28. The van der Waals surface area contributed by atoms with Gasteiger partial charge in [0.2, 0.25) is 0 Å². The Morgan fingerprint density at radius 3 is 2.46 bits per heavy atom. The second kappa shape index (κ2) is 10.1. The number of rotatable bonds is 6. The van der Waals surface area contributed by atoms with Gasteiger partial charge in [-0.15, -0.1) is 0 Å². The molecule has 1 aliphatic rings. The lowest BCUT2D eigenvalue weighted by Crippen LogP contribution is -2.43. The lowest BCUT2D eigenvalue weighted by atomic mass is 10.0. The van der Waals surface area contributed by atoms with E-state index in [1.165, 1.54) is 47.6 Å². The smallest absolute Gasteiger partial charge is 0.320 e. The third-order valence-corrected chi connectivity index (χ3v) is 6.70. The summed E-state index contributed by atoms with van der Waals surface area (Å²) in [7, 11) is 0. The molecule has 7 nitrogen and oxygen atoms in total. The molecule has 0 unspecified atom stereocenters. The molecule has 1 aromatic heterocycles. The third-order valence-electron chi connectivity index (χ3n) is 5.73. The van der Waals surface area contributed by atoms with Crippen molar-refractivity contribution in [2.24, 2.45) is 0 Å². The summed E-state index contributed by atoms with van der Waals surface area (Å²) >= 11 is 5.69. The first-order valence-corrected chi connectivity index (χ1v) is 12.1. The molecule has 12 heteroatoms. The van der Waals surface area contributed by atoms with Gasteiger partial charge in [0.25, 0.3) is 11.8 Å². The molecule has 2 heterocycles. The van der Waals surface area contributed by atoms with Crippen LogP contribution in [0.2, 0.25) is 5.02 Å². The van der Waals surface area contributed by atoms with Gasteiger partial charge < -0.3 is 10.2 Å². The van der Waals surface area contributed by atoms with Crippen molar-refractivity contribution in [1.82, 2.24) is 9.88 Å². The molecule has 1 saturated heterocycles. The van der Waals surface area contributed by atoms with E-state index in [0.717, 1.165) is 4.90 Å². The van der Waals surface area contributed by atoms with E-state index in [-0.39, 0.29) is 28.9 Å². The molecule has 0 bridgehead atoms. The van der Waals surface area contributed by atoms with E-state index in [0.29, 0.717) is 21.8 Å². The largest absolute Gasteiger partial charge is 0.446 e. The first-order chi connectivity index (χ1) is 17.4. The minimum absolute atomic E-state index is 0.0379. The van der Waals surface area contributed by atoms with E-state index in [4.69, 9.17) is 11.6 Å². The Kier molecular flexibility index (Phi) is 7.20. The van der Waals surface area contributed by atoms with Crippen molar-refractivity contribution in [1.29, 1.82) is 0 Å². The highest BCUT2D eigenvalue weighted by molar-refractivity contribution is 8.00. The molecule has 1 fully saturated rings. The molecule has 2 aromatic carbocycles. The van der Waals surface area contributed by atoms with E-state index >= 15 is 0 Å². The molecule has 37 heavy (non-hydrogen) atoms. The third kappa shape index (κ3) is 5.72. The summed E-state index contributed by atoms with van der Waals surface area (Å²) in [6.45, 7) is 3.11. The fraction of sp³-hybridized carbons (Fsp3) is 0.200. The Bertz CT molecular complexity index is 1370. The van der Waals surface area contributed by atoms with Gasteiger partial charge in [-0.05, 0) is 79.7 Å². The van der Waals surface area contributed by atoms with Crippen LogP contribution in [0.1, 0.15) is 29.8 Å². The average molecular weight is 549 g/mol. The molecule has 1 N–H and O–H groups in total. The number of aromatic nitrogens is 1. The number of benzene rings is 2. The van der Waals surface area contributed by atoms with Crippen molar-refractivity contribution in [3.8, 4) is 0 Å². The van der Waals surface area contributed by atoms with Gasteiger partial charge in [0, 0.05) is 21.7 Å². The first kappa shape index (κ1) is 26.5. The number of amides is 4. The number of nitrogens with one attached hydrogen (secondary N) is 1. The van der Waals surface area contributed by atoms with E-state index < -0.39 is 28.9 Å². The Hall–Kier alpha value is -3.57. The number of pyridine rings is 1. The molecular formula is C25H20ClF3N4O3S. The van der Waals surface area contributed by atoms with Gasteiger partial charge in [0.05, 0.1) is 24.1 Å². The number of hydrogen-bond donors (Lipinski definition) is 1. The minimum atomic E-state index is -4.45. The van der Waals surface area contributed by atoms with Crippen molar-refractivity contribution in [3.05, 3.63) is 83.1 Å². The van der Waals surface area contributed by atoms with Crippen LogP contribution in [-0.4, -0.2) is 38.8 Å². The van der Waals surface area contributed by atoms with Gasteiger partial charge in [-0.25, -0.2) is 9.69 Å². The van der Waals surface area contributed by atoms with Crippen molar-refractivity contribution in [2.45, 2.75) is 36.3 Å². The second-order valence-corrected chi connectivity index (χ2v) is 10.2. The number of urea groups is 1. The Morgan fingerprint density at radius 1 is 1.11 bits per heavy atom. The Balaban J connectivity index is 1.57. The number of carbonyl (C=O) groups is 3. The minimum Gasteiger partial charge on any atom is -0.320 e. The van der Waals surface area contributed by atoms with Crippen LogP contribution in [-0.2, 0) is 11.3 Å². The van der Waals surface area contributed by atoms with Gasteiger partial charge >= 0.3 is 11.5 Å². The van der Waals surface area contributed by atoms with Crippen LogP contribution < -0.4 is 10.2 Å². The zero-order chi connectivity index (χ0) is 27.0. The number of imide groups is 1. The fourth-order valence-electron chi connectivity index (χ4n) is 3.79. The standard InChI is InChI=1S/C25H20ClF3N4O3S/c1-24(2)22(35)33(18-6-8-19(9-7-18)37-25(27,28)29)23(36)32(24)14-16-10-11-30-13-20(16)31-21(34)15-4-3-5-17(26)12-15/h3-13H,14H2,1-2H3,(H,31,34). The summed E-state index contributed by atoms with van der Waals surface area (Å²) in [6, 6.07) is 12.4. The summed E-state index contributed by atoms with van der Waals surface area (Å²) in [5.74, 6) is -0.967. The lowest BCUT2D eigenvalue weighted by molar-refractivity contribution is -0.123. The number of alkyl halides is 3. The molecular weight excluding hydrogens is 529 g/mol. The van der Waals surface area contributed by atoms with Crippen LogP contribution in [0.25, 0.3) is 0 Å². The molecule has 192 valence electrons. The quantitative estimate of drug-likeness (QED) is 0.287. The molecule has 3 aromatic rings. The van der Waals surface area contributed by atoms with Crippen LogP contribution in [0.4, 0.5) is 29.3 Å². The fourth-order valence-corrected chi connectivity index (χ4v) is 4.52. The number of nitrogens with zero attached hydrogens (tertiary/aromatic N) is 3. The molecule has 0 aliphatic carbocycles. The van der Waals surface area contributed by atoms with Crippen LogP contribution in [0.3, 0.4) is 0 Å². The molecule has 4 amide bonds. The highest BCUT2D eigenvalue weighted by Crippen LogP contribution is 2.39. The normalized spacial score (nSPS) is 15.3.